The van der Waals surface area contributed by atoms with Crippen molar-refractivity contribution in [3.8, 4) is 5.75 Å². The fourth-order valence-corrected chi connectivity index (χ4v) is 3.78. The van der Waals surface area contributed by atoms with Gasteiger partial charge in [0, 0.05) is 24.7 Å². The Morgan fingerprint density at radius 2 is 1.94 bits per heavy atom. The number of hydrogen-bond acceptors (Lipinski definition) is 4. The molecule has 160 valence electrons. The second-order valence-electron chi connectivity index (χ2n) is 8.09. The molecule has 2 aromatic carbocycles. The highest BCUT2D eigenvalue weighted by Crippen LogP contribution is 2.19. The van der Waals surface area contributed by atoms with Crippen LogP contribution in [0.3, 0.4) is 0 Å². The monoisotopic (exact) mass is 417 g/mol. The highest BCUT2D eigenvalue weighted by atomic mass is 16.5. The summed E-state index contributed by atoms with van der Waals surface area (Å²) in [6, 6.07) is 12.9. The van der Waals surface area contributed by atoms with E-state index >= 15 is 0 Å². The lowest BCUT2D eigenvalue weighted by Crippen LogP contribution is -2.24. The van der Waals surface area contributed by atoms with Crippen LogP contribution in [-0.4, -0.2) is 21.6 Å². The molecule has 0 radical (unpaired) electrons. The minimum Gasteiger partial charge on any atom is -0.491 e. The van der Waals surface area contributed by atoms with Crippen LogP contribution in [0, 0.1) is 0 Å². The van der Waals surface area contributed by atoms with E-state index in [0.29, 0.717) is 23.1 Å². The first-order valence-corrected chi connectivity index (χ1v) is 10.8. The first-order valence-electron chi connectivity index (χ1n) is 10.8. The van der Waals surface area contributed by atoms with Crippen LogP contribution in [0.2, 0.25) is 0 Å². The molecule has 6 heteroatoms. The van der Waals surface area contributed by atoms with Crippen LogP contribution in [-0.2, 0) is 17.8 Å². The molecule has 31 heavy (non-hydrogen) atoms. The van der Waals surface area contributed by atoms with Crippen LogP contribution in [0.5, 0.6) is 5.75 Å². The Labute approximate surface area is 181 Å². The molecule has 6 nitrogen and oxygen atoms in total. The summed E-state index contributed by atoms with van der Waals surface area (Å²) >= 11 is 0. The predicted molar refractivity (Wildman–Crippen MR) is 123 cm³/mol. The molecular weight excluding hydrogens is 390 g/mol. The maximum atomic E-state index is 13.0. The molecule has 1 aliphatic rings. The second-order valence-corrected chi connectivity index (χ2v) is 8.09. The van der Waals surface area contributed by atoms with Crippen molar-refractivity contribution in [1.82, 2.24) is 9.55 Å². The minimum atomic E-state index is -0.260. The number of amides is 1. The molecule has 0 spiro atoms. The number of anilines is 1. The van der Waals surface area contributed by atoms with Gasteiger partial charge in [0.1, 0.15) is 11.6 Å². The highest BCUT2D eigenvalue weighted by molar-refractivity contribution is 6.02. The largest absolute Gasteiger partial charge is 0.491 e. The van der Waals surface area contributed by atoms with Crippen molar-refractivity contribution in [2.45, 2.75) is 52.2 Å². The lowest BCUT2D eigenvalue weighted by Gasteiger charge is -2.11. The zero-order valence-electron chi connectivity index (χ0n) is 17.9. The molecule has 0 aliphatic carbocycles. The number of fused-ring (bicyclic) bond motifs is 2. The Hall–Kier alpha value is -3.41. The lowest BCUT2D eigenvalue weighted by molar-refractivity contribution is -0.111. The first kappa shape index (κ1) is 20.8. The number of ether oxygens (including phenoxy) is 1. The third kappa shape index (κ3) is 5.02. The summed E-state index contributed by atoms with van der Waals surface area (Å²) in [5, 5.41) is 3.37. The van der Waals surface area contributed by atoms with Gasteiger partial charge in [-0.3, -0.25) is 14.2 Å². The number of nitrogens with one attached hydrogen (secondary N) is 1. The van der Waals surface area contributed by atoms with Crippen LogP contribution in [0.4, 0.5) is 5.69 Å². The van der Waals surface area contributed by atoms with Crippen molar-refractivity contribution in [3.63, 3.8) is 0 Å². The lowest BCUT2D eigenvalue weighted by atomic mass is 10.2. The highest BCUT2D eigenvalue weighted by Gasteiger charge is 2.14. The fraction of sp³-hybridized carbons (Fsp3) is 0.320. The summed E-state index contributed by atoms with van der Waals surface area (Å²) in [5.41, 5.74) is 2.12. The van der Waals surface area contributed by atoms with Crippen LogP contribution < -0.4 is 15.6 Å². The van der Waals surface area contributed by atoms with Crippen molar-refractivity contribution in [3.05, 3.63) is 70.3 Å². The molecule has 0 saturated heterocycles. The molecule has 3 aromatic rings. The molecule has 1 amide bonds. The van der Waals surface area contributed by atoms with Gasteiger partial charge in [-0.05, 0) is 68.7 Å². The van der Waals surface area contributed by atoms with Gasteiger partial charge >= 0.3 is 0 Å². The number of hydrogen-bond donors (Lipinski definition) is 1. The Morgan fingerprint density at radius 3 is 2.71 bits per heavy atom. The summed E-state index contributed by atoms with van der Waals surface area (Å²) in [7, 11) is 0. The average Bonchev–Trinajstić information content (AvgIpc) is 2.99. The summed E-state index contributed by atoms with van der Waals surface area (Å²) in [4.78, 5) is 30.0. The second kappa shape index (κ2) is 9.16. The summed E-state index contributed by atoms with van der Waals surface area (Å²) in [6.45, 7) is 4.66. The molecule has 4 rings (SSSR count). The predicted octanol–water partition coefficient (Wildman–Crippen LogP) is 4.56. The van der Waals surface area contributed by atoms with Crippen LogP contribution in [0.15, 0.2) is 53.3 Å². The van der Waals surface area contributed by atoms with Crippen LogP contribution in [0.25, 0.3) is 17.0 Å². The Kier molecular flexibility index (Phi) is 6.16. The topological polar surface area (TPSA) is 73.2 Å². The number of benzene rings is 2. The van der Waals surface area contributed by atoms with Gasteiger partial charge in [0.2, 0.25) is 5.91 Å². The van der Waals surface area contributed by atoms with Crippen LogP contribution in [0.1, 0.15) is 44.5 Å². The number of carbonyl (C=O) groups excluding carboxylic acids is 1. The van der Waals surface area contributed by atoms with Gasteiger partial charge in [-0.2, -0.15) is 0 Å². The van der Waals surface area contributed by atoms with Crippen molar-refractivity contribution in [2.75, 3.05) is 5.32 Å². The van der Waals surface area contributed by atoms with Crippen molar-refractivity contribution in [1.29, 1.82) is 0 Å². The van der Waals surface area contributed by atoms with Gasteiger partial charge in [0.15, 0.2) is 0 Å². The third-order valence-corrected chi connectivity index (χ3v) is 5.26. The van der Waals surface area contributed by atoms with E-state index in [0.717, 1.165) is 42.8 Å². The Balaban J connectivity index is 1.49. The Morgan fingerprint density at radius 1 is 1.13 bits per heavy atom. The minimum absolute atomic E-state index is 0.0303. The van der Waals surface area contributed by atoms with E-state index in [2.05, 4.69) is 10.3 Å². The number of aromatic nitrogens is 2. The van der Waals surface area contributed by atoms with E-state index in [9.17, 15) is 9.59 Å². The number of nitrogens with zero attached hydrogens (tertiary/aromatic N) is 2. The van der Waals surface area contributed by atoms with E-state index < -0.39 is 0 Å². The fourth-order valence-electron chi connectivity index (χ4n) is 3.78. The molecule has 1 aliphatic heterocycles. The third-order valence-electron chi connectivity index (χ3n) is 5.26. The number of carbonyl (C=O) groups is 1. The van der Waals surface area contributed by atoms with Gasteiger partial charge in [-0.25, -0.2) is 4.98 Å². The van der Waals surface area contributed by atoms with Gasteiger partial charge in [-0.15, -0.1) is 0 Å². The average molecular weight is 418 g/mol. The van der Waals surface area contributed by atoms with Gasteiger partial charge in [-0.1, -0.05) is 18.6 Å². The molecule has 1 aromatic heterocycles. The SMILES string of the molecule is CC(C)Oc1ccc(/C=C/C(=O)Nc2ccc3nc4n(c(=O)c3c2)CCCCC4)cc1. The molecule has 0 fully saturated rings. The van der Waals surface area contributed by atoms with Crippen molar-refractivity contribution >= 4 is 28.6 Å². The van der Waals surface area contributed by atoms with Gasteiger partial charge in [0.25, 0.3) is 5.56 Å². The molecule has 0 unspecified atom stereocenters. The zero-order valence-corrected chi connectivity index (χ0v) is 17.9. The molecule has 0 saturated carbocycles. The quantitative estimate of drug-likeness (QED) is 0.618. The standard InChI is InChI=1S/C25H27N3O3/c1-17(2)31-20-11-7-18(8-12-20)9-14-24(29)26-19-10-13-22-21(16-19)25(30)28-15-5-3-4-6-23(28)27-22/h7-14,16-17H,3-6,15H2,1-2H3,(H,26,29)/b14-9+. The molecule has 0 atom stereocenters. The van der Waals surface area contributed by atoms with Gasteiger partial charge < -0.3 is 10.1 Å². The summed E-state index contributed by atoms with van der Waals surface area (Å²) in [5.74, 6) is 1.40. The van der Waals surface area contributed by atoms with E-state index in [1.54, 1.807) is 28.8 Å². The molecule has 1 N–H and O–H groups in total. The zero-order chi connectivity index (χ0) is 21.8. The smallest absolute Gasteiger partial charge is 0.261 e. The molecule has 2 heterocycles. The van der Waals surface area contributed by atoms with Crippen molar-refractivity contribution in [2.24, 2.45) is 0 Å². The molecule has 0 bridgehead atoms. The van der Waals surface area contributed by atoms with E-state index in [1.165, 1.54) is 6.08 Å². The summed E-state index contributed by atoms with van der Waals surface area (Å²) in [6.07, 6.45) is 7.33. The van der Waals surface area contributed by atoms with Gasteiger partial charge in [0.05, 0.1) is 17.0 Å². The normalized spacial score (nSPS) is 13.9. The maximum Gasteiger partial charge on any atom is 0.261 e. The summed E-state index contributed by atoms with van der Waals surface area (Å²) < 4.78 is 7.41. The first-order chi connectivity index (χ1) is 15.0. The number of aryl methyl sites for hydroxylation is 1. The van der Waals surface area contributed by atoms with E-state index in [4.69, 9.17) is 4.74 Å². The van der Waals surface area contributed by atoms with E-state index in [1.807, 2.05) is 38.1 Å². The van der Waals surface area contributed by atoms with E-state index in [-0.39, 0.29) is 17.6 Å². The molecular formula is C25H27N3O3. The maximum absolute atomic E-state index is 13.0. The van der Waals surface area contributed by atoms with Crippen molar-refractivity contribution < 1.29 is 9.53 Å². The van der Waals surface area contributed by atoms with Crippen LogP contribution >= 0.6 is 0 Å². The Bertz CT molecular complexity index is 1180. The number of rotatable bonds is 5.